The zero-order valence-corrected chi connectivity index (χ0v) is 15.7. The van der Waals surface area contributed by atoms with E-state index in [2.05, 4.69) is 29.7 Å². The van der Waals surface area contributed by atoms with Crippen molar-refractivity contribution in [1.82, 2.24) is 29.1 Å². The van der Waals surface area contributed by atoms with E-state index in [0.717, 1.165) is 16.3 Å². The summed E-state index contributed by atoms with van der Waals surface area (Å²) in [5, 5.41) is 8.68. The Hall–Kier alpha value is -2.91. The number of aryl methyl sites for hydroxylation is 1. The van der Waals surface area contributed by atoms with Crippen LogP contribution in [0.1, 0.15) is 11.4 Å². The van der Waals surface area contributed by atoms with Gasteiger partial charge >= 0.3 is 0 Å². The van der Waals surface area contributed by atoms with E-state index in [4.69, 9.17) is 11.6 Å². The Morgan fingerprint density at radius 2 is 2.11 bits per heavy atom. The van der Waals surface area contributed by atoms with E-state index >= 15 is 0 Å². The molecule has 0 aliphatic heterocycles. The molecule has 10 heteroatoms. The first-order valence-electron chi connectivity index (χ1n) is 7.93. The molecule has 0 bridgehead atoms. The Kier molecular flexibility index (Phi) is 4.78. The molecule has 0 saturated heterocycles. The number of hydrogen-bond acceptors (Lipinski definition) is 7. The minimum absolute atomic E-state index is 0.371. The lowest BCUT2D eigenvalue weighted by Gasteiger charge is -2.05. The van der Waals surface area contributed by atoms with Gasteiger partial charge in [-0.1, -0.05) is 11.6 Å². The maximum Gasteiger partial charge on any atom is 0.228 e. The van der Waals surface area contributed by atoms with E-state index in [0.29, 0.717) is 28.9 Å². The second-order valence-electron chi connectivity index (χ2n) is 5.74. The molecule has 0 atom stereocenters. The van der Waals surface area contributed by atoms with Gasteiger partial charge in [-0.2, -0.15) is 9.47 Å². The predicted octanol–water partition coefficient (Wildman–Crippen LogP) is 4.08. The highest BCUT2D eigenvalue weighted by molar-refractivity contribution is 7.10. The molecule has 136 valence electrons. The Morgan fingerprint density at radius 1 is 1.22 bits per heavy atom. The molecule has 4 aromatic rings. The summed E-state index contributed by atoms with van der Waals surface area (Å²) >= 11 is 7.60. The molecular formula is C17H13ClFN7S. The fourth-order valence-corrected chi connectivity index (χ4v) is 3.26. The van der Waals surface area contributed by atoms with Crippen LogP contribution >= 0.6 is 23.1 Å². The van der Waals surface area contributed by atoms with Crippen molar-refractivity contribution in [3.05, 3.63) is 65.2 Å². The quantitative estimate of drug-likeness (QED) is 0.542. The lowest BCUT2D eigenvalue weighted by Crippen LogP contribution is -2.02. The lowest BCUT2D eigenvalue weighted by atomic mass is 10.2. The highest BCUT2D eigenvalue weighted by Gasteiger charge is 2.12. The molecular weight excluding hydrogens is 389 g/mol. The maximum absolute atomic E-state index is 13.0. The number of anilines is 2. The van der Waals surface area contributed by atoms with Crippen molar-refractivity contribution in [3.8, 4) is 11.3 Å². The molecule has 0 radical (unpaired) electrons. The van der Waals surface area contributed by atoms with Gasteiger partial charge in [0.15, 0.2) is 0 Å². The number of hydrogen-bond donors (Lipinski definition) is 1. The second-order valence-corrected chi connectivity index (χ2v) is 6.95. The predicted molar refractivity (Wildman–Crippen MR) is 102 cm³/mol. The normalized spacial score (nSPS) is 10.9. The van der Waals surface area contributed by atoms with Crippen LogP contribution in [0.25, 0.3) is 11.3 Å². The van der Waals surface area contributed by atoms with Gasteiger partial charge in [0, 0.05) is 11.8 Å². The number of nitrogens with one attached hydrogen (secondary N) is 1. The third-order valence-electron chi connectivity index (χ3n) is 3.63. The molecule has 1 N–H and O–H groups in total. The molecule has 0 aromatic carbocycles. The number of rotatable bonds is 5. The van der Waals surface area contributed by atoms with E-state index in [1.807, 2.05) is 13.0 Å². The largest absolute Gasteiger partial charge is 0.314 e. The SMILES string of the molecule is Cc1cc(Nc2ncc(Cl)c(-c3cnn(Cc4ccc(F)cn4)c3)n2)sn1. The summed E-state index contributed by atoms with van der Waals surface area (Å²) < 4.78 is 18.9. The smallest absolute Gasteiger partial charge is 0.228 e. The van der Waals surface area contributed by atoms with Crippen LogP contribution in [0.3, 0.4) is 0 Å². The van der Waals surface area contributed by atoms with Crippen molar-refractivity contribution in [2.45, 2.75) is 13.5 Å². The molecule has 4 heterocycles. The second kappa shape index (κ2) is 7.37. The molecule has 4 aromatic heterocycles. The zero-order valence-electron chi connectivity index (χ0n) is 14.1. The first-order chi connectivity index (χ1) is 13.1. The van der Waals surface area contributed by atoms with Crippen molar-refractivity contribution in [1.29, 1.82) is 0 Å². The van der Waals surface area contributed by atoms with E-state index < -0.39 is 0 Å². The Morgan fingerprint density at radius 3 is 2.85 bits per heavy atom. The fraction of sp³-hybridized carbons (Fsp3) is 0.118. The Labute approximate surface area is 163 Å². The van der Waals surface area contributed by atoms with Crippen LogP contribution in [0.4, 0.5) is 15.3 Å². The van der Waals surface area contributed by atoms with Crippen molar-refractivity contribution < 1.29 is 4.39 Å². The summed E-state index contributed by atoms with van der Waals surface area (Å²) in [6.45, 7) is 2.33. The van der Waals surface area contributed by atoms with Crippen LogP contribution in [0, 0.1) is 12.7 Å². The van der Waals surface area contributed by atoms with Gasteiger partial charge in [0.05, 0.1) is 47.2 Å². The molecule has 0 spiro atoms. The lowest BCUT2D eigenvalue weighted by molar-refractivity contribution is 0.612. The standard InChI is InChI=1S/C17H13ClFN7S/c1-10-4-15(27-25-10)23-17-21-7-14(18)16(24-17)11-5-22-26(8-11)9-13-3-2-12(19)6-20-13/h2-8H,9H2,1H3,(H,21,23,24). The van der Waals surface area contributed by atoms with Gasteiger partial charge in [-0.3, -0.25) is 9.67 Å². The average Bonchev–Trinajstić information content (AvgIpc) is 3.28. The average molecular weight is 402 g/mol. The van der Waals surface area contributed by atoms with Crippen LogP contribution in [0.15, 0.2) is 43.0 Å². The summed E-state index contributed by atoms with van der Waals surface area (Å²) in [5.41, 5.74) is 2.93. The van der Waals surface area contributed by atoms with Gasteiger partial charge in [-0.15, -0.1) is 0 Å². The van der Waals surface area contributed by atoms with E-state index in [1.165, 1.54) is 23.8 Å². The summed E-state index contributed by atoms with van der Waals surface area (Å²) in [6.07, 6.45) is 6.19. The van der Waals surface area contributed by atoms with E-state index in [1.54, 1.807) is 29.3 Å². The first kappa shape index (κ1) is 17.5. The van der Waals surface area contributed by atoms with E-state index in [9.17, 15) is 4.39 Å². The van der Waals surface area contributed by atoms with Gasteiger partial charge in [-0.25, -0.2) is 14.4 Å². The molecule has 4 rings (SSSR count). The van der Waals surface area contributed by atoms with Crippen LogP contribution in [0.5, 0.6) is 0 Å². The Bertz CT molecular complexity index is 1080. The monoisotopic (exact) mass is 401 g/mol. The maximum atomic E-state index is 13.0. The molecule has 0 amide bonds. The molecule has 0 aliphatic rings. The summed E-state index contributed by atoms with van der Waals surface area (Å²) in [7, 11) is 0. The number of aromatic nitrogens is 6. The van der Waals surface area contributed by atoms with Crippen molar-refractivity contribution in [3.63, 3.8) is 0 Å². The van der Waals surface area contributed by atoms with Crippen LogP contribution in [0.2, 0.25) is 5.02 Å². The molecule has 0 aliphatic carbocycles. The fourth-order valence-electron chi connectivity index (χ4n) is 2.40. The van der Waals surface area contributed by atoms with Gasteiger partial charge in [-0.05, 0) is 36.7 Å². The third kappa shape index (κ3) is 4.09. The summed E-state index contributed by atoms with van der Waals surface area (Å²) in [6, 6.07) is 4.90. The van der Waals surface area contributed by atoms with Crippen LogP contribution in [-0.4, -0.2) is 29.1 Å². The minimum Gasteiger partial charge on any atom is -0.314 e. The van der Waals surface area contributed by atoms with Gasteiger partial charge in [0.2, 0.25) is 5.95 Å². The highest BCUT2D eigenvalue weighted by atomic mass is 35.5. The highest BCUT2D eigenvalue weighted by Crippen LogP contribution is 2.27. The number of pyridine rings is 1. The number of nitrogens with zero attached hydrogens (tertiary/aromatic N) is 6. The van der Waals surface area contributed by atoms with Crippen LogP contribution < -0.4 is 5.32 Å². The molecule has 0 fully saturated rings. The molecule has 7 nitrogen and oxygen atoms in total. The summed E-state index contributed by atoms with van der Waals surface area (Å²) in [5.74, 6) is 0.0508. The van der Waals surface area contributed by atoms with Crippen molar-refractivity contribution in [2.75, 3.05) is 5.32 Å². The van der Waals surface area contributed by atoms with E-state index in [-0.39, 0.29) is 5.82 Å². The van der Waals surface area contributed by atoms with Crippen molar-refractivity contribution in [2.24, 2.45) is 0 Å². The third-order valence-corrected chi connectivity index (χ3v) is 4.70. The van der Waals surface area contributed by atoms with Gasteiger partial charge in [0.1, 0.15) is 10.8 Å². The number of halogens is 2. The zero-order chi connectivity index (χ0) is 18.8. The Balaban J connectivity index is 1.56. The minimum atomic E-state index is -0.371. The van der Waals surface area contributed by atoms with Crippen molar-refractivity contribution >= 4 is 34.1 Å². The topological polar surface area (TPSA) is 81.4 Å². The van der Waals surface area contributed by atoms with Gasteiger partial charge < -0.3 is 5.32 Å². The first-order valence-corrected chi connectivity index (χ1v) is 9.08. The van der Waals surface area contributed by atoms with Crippen LogP contribution in [-0.2, 0) is 6.54 Å². The summed E-state index contributed by atoms with van der Waals surface area (Å²) in [4.78, 5) is 12.7. The molecule has 27 heavy (non-hydrogen) atoms. The molecule has 0 saturated carbocycles. The van der Waals surface area contributed by atoms with Gasteiger partial charge in [0.25, 0.3) is 0 Å². The molecule has 0 unspecified atom stereocenters.